The molecule has 1 fully saturated rings. The van der Waals surface area contributed by atoms with Gasteiger partial charge >= 0.3 is 6.18 Å². The summed E-state index contributed by atoms with van der Waals surface area (Å²) in [5.74, 6) is 0. The Morgan fingerprint density at radius 1 is 1.29 bits per heavy atom. The Morgan fingerprint density at radius 3 is 2.64 bits per heavy atom. The number of alkyl halides is 3. The van der Waals surface area contributed by atoms with Crippen molar-refractivity contribution in [2.45, 2.75) is 18.7 Å². The van der Waals surface area contributed by atoms with E-state index in [1.54, 1.807) is 0 Å². The van der Waals surface area contributed by atoms with Crippen molar-refractivity contribution in [2.75, 3.05) is 32.9 Å². The summed E-state index contributed by atoms with van der Waals surface area (Å²) in [7, 11) is 0. The maximum Gasteiger partial charge on any atom is 0.411 e. The number of hydrogen-bond acceptors (Lipinski definition) is 3. The summed E-state index contributed by atoms with van der Waals surface area (Å²) < 4.78 is 44.5. The maximum absolute atomic E-state index is 11.6. The van der Waals surface area contributed by atoms with Crippen LogP contribution in [0.4, 0.5) is 13.2 Å². The summed E-state index contributed by atoms with van der Waals surface area (Å²) in [5, 5.41) is 3.09. The number of ether oxygens (including phenoxy) is 2. The molecule has 1 saturated heterocycles. The zero-order valence-electron chi connectivity index (χ0n) is 7.77. The molecule has 1 atom stereocenters. The lowest BCUT2D eigenvalue weighted by molar-refractivity contribution is -0.177. The molecule has 3 nitrogen and oxygen atoms in total. The molecule has 1 N–H and O–H groups in total. The smallest absolute Gasteiger partial charge is 0.374 e. The molecule has 1 heterocycles. The lowest BCUT2D eigenvalue weighted by atomic mass is 10.3. The lowest BCUT2D eigenvalue weighted by Crippen LogP contribution is -2.22. The van der Waals surface area contributed by atoms with Crippen molar-refractivity contribution in [3.05, 3.63) is 0 Å². The quantitative estimate of drug-likeness (QED) is 0.689. The van der Waals surface area contributed by atoms with E-state index in [-0.39, 0.29) is 19.3 Å². The van der Waals surface area contributed by atoms with Gasteiger partial charge < -0.3 is 14.8 Å². The van der Waals surface area contributed by atoms with Gasteiger partial charge in [-0.3, -0.25) is 0 Å². The molecule has 0 aromatic carbocycles. The fourth-order valence-electron chi connectivity index (χ4n) is 1.23. The highest BCUT2D eigenvalue weighted by Gasteiger charge is 2.27. The van der Waals surface area contributed by atoms with Crippen molar-refractivity contribution in [1.82, 2.24) is 5.32 Å². The standard InChI is InChI=1S/C8H14F3NO2/c9-8(10,11)6-13-3-4-14-7-1-2-12-5-7/h7,12H,1-6H2. The van der Waals surface area contributed by atoms with E-state index in [1.165, 1.54) is 0 Å². The average Bonchev–Trinajstić information content (AvgIpc) is 2.54. The zero-order valence-corrected chi connectivity index (χ0v) is 7.77. The molecule has 0 bridgehead atoms. The fourth-order valence-corrected chi connectivity index (χ4v) is 1.23. The second kappa shape index (κ2) is 5.53. The zero-order chi connectivity index (χ0) is 10.4. The first kappa shape index (κ1) is 11.7. The van der Waals surface area contributed by atoms with Crippen molar-refractivity contribution in [3.63, 3.8) is 0 Å². The summed E-state index contributed by atoms with van der Waals surface area (Å²) in [5.41, 5.74) is 0. The summed E-state index contributed by atoms with van der Waals surface area (Å²) >= 11 is 0. The summed E-state index contributed by atoms with van der Waals surface area (Å²) in [6.07, 6.45) is -3.20. The van der Waals surface area contributed by atoms with E-state index in [1.807, 2.05) is 0 Å². The van der Waals surface area contributed by atoms with Gasteiger partial charge in [0, 0.05) is 6.54 Å². The molecule has 0 amide bonds. The molecule has 0 aromatic heterocycles. The van der Waals surface area contributed by atoms with Gasteiger partial charge in [-0.1, -0.05) is 0 Å². The van der Waals surface area contributed by atoms with Crippen LogP contribution in [0.2, 0.25) is 0 Å². The van der Waals surface area contributed by atoms with Crippen LogP contribution < -0.4 is 5.32 Å². The molecule has 1 aliphatic heterocycles. The minimum atomic E-state index is -4.24. The van der Waals surface area contributed by atoms with E-state index in [2.05, 4.69) is 10.1 Å². The van der Waals surface area contributed by atoms with Gasteiger partial charge in [-0.05, 0) is 13.0 Å². The Morgan fingerprint density at radius 2 is 2.07 bits per heavy atom. The molecule has 6 heteroatoms. The van der Waals surface area contributed by atoms with Gasteiger partial charge in [0.15, 0.2) is 0 Å². The SMILES string of the molecule is FC(F)(F)COCCOC1CCNC1. The first-order valence-corrected chi connectivity index (χ1v) is 4.55. The largest absolute Gasteiger partial charge is 0.411 e. The Labute approximate surface area is 80.6 Å². The second-order valence-corrected chi connectivity index (χ2v) is 3.15. The Balaban J connectivity index is 1.89. The molecule has 0 radical (unpaired) electrons. The minimum absolute atomic E-state index is 0.00396. The van der Waals surface area contributed by atoms with Crippen LogP contribution in [-0.2, 0) is 9.47 Å². The predicted octanol–water partition coefficient (Wildman–Crippen LogP) is 0.944. The predicted molar refractivity (Wildman–Crippen MR) is 44.1 cm³/mol. The third-order valence-electron chi connectivity index (χ3n) is 1.86. The van der Waals surface area contributed by atoms with Gasteiger partial charge in [0.25, 0.3) is 0 Å². The van der Waals surface area contributed by atoms with Crippen LogP contribution in [0, 0.1) is 0 Å². The highest BCUT2D eigenvalue weighted by molar-refractivity contribution is 4.70. The van der Waals surface area contributed by atoms with E-state index in [4.69, 9.17) is 4.74 Å². The monoisotopic (exact) mass is 213 g/mol. The van der Waals surface area contributed by atoms with Crippen molar-refractivity contribution >= 4 is 0 Å². The van der Waals surface area contributed by atoms with Crippen LogP contribution in [0.15, 0.2) is 0 Å². The molecule has 0 spiro atoms. The third kappa shape index (κ3) is 5.41. The van der Waals surface area contributed by atoms with E-state index in [0.29, 0.717) is 0 Å². The van der Waals surface area contributed by atoms with Gasteiger partial charge in [0.2, 0.25) is 0 Å². The molecule has 0 saturated carbocycles. The van der Waals surface area contributed by atoms with E-state index in [9.17, 15) is 13.2 Å². The molecule has 1 rings (SSSR count). The Hall–Kier alpha value is -0.330. The van der Waals surface area contributed by atoms with Crippen LogP contribution >= 0.6 is 0 Å². The second-order valence-electron chi connectivity index (χ2n) is 3.15. The molecule has 0 aromatic rings. The maximum atomic E-state index is 11.6. The Kier molecular flexibility index (Phi) is 4.64. The topological polar surface area (TPSA) is 30.5 Å². The van der Waals surface area contributed by atoms with Crippen LogP contribution in [0.3, 0.4) is 0 Å². The Bertz CT molecular complexity index is 157. The van der Waals surface area contributed by atoms with Crippen LogP contribution in [0.5, 0.6) is 0 Å². The third-order valence-corrected chi connectivity index (χ3v) is 1.86. The van der Waals surface area contributed by atoms with Crippen molar-refractivity contribution < 1.29 is 22.6 Å². The summed E-state index contributed by atoms with van der Waals surface area (Å²) in [4.78, 5) is 0. The van der Waals surface area contributed by atoms with E-state index >= 15 is 0 Å². The first-order valence-electron chi connectivity index (χ1n) is 4.55. The first-order chi connectivity index (χ1) is 6.58. The van der Waals surface area contributed by atoms with Gasteiger partial charge in [-0.25, -0.2) is 0 Å². The van der Waals surface area contributed by atoms with E-state index in [0.717, 1.165) is 19.5 Å². The molecule has 14 heavy (non-hydrogen) atoms. The van der Waals surface area contributed by atoms with E-state index < -0.39 is 12.8 Å². The average molecular weight is 213 g/mol. The minimum Gasteiger partial charge on any atom is -0.374 e. The van der Waals surface area contributed by atoms with Crippen molar-refractivity contribution in [1.29, 1.82) is 0 Å². The van der Waals surface area contributed by atoms with Crippen molar-refractivity contribution in [2.24, 2.45) is 0 Å². The molecule has 1 unspecified atom stereocenters. The fraction of sp³-hybridized carbons (Fsp3) is 1.00. The molecule has 0 aliphatic carbocycles. The number of nitrogens with one attached hydrogen (secondary N) is 1. The van der Waals surface area contributed by atoms with Crippen molar-refractivity contribution in [3.8, 4) is 0 Å². The summed E-state index contributed by atoms with van der Waals surface area (Å²) in [6.45, 7) is 0.713. The molecular weight excluding hydrogens is 199 g/mol. The van der Waals surface area contributed by atoms with Gasteiger partial charge in [-0.15, -0.1) is 0 Å². The number of halogens is 3. The van der Waals surface area contributed by atoms with Gasteiger partial charge in [0.1, 0.15) is 6.61 Å². The highest BCUT2D eigenvalue weighted by atomic mass is 19.4. The van der Waals surface area contributed by atoms with Gasteiger partial charge in [0.05, 0.1) is 19.3 Å². The highest BCUT2D eigenvalue weighted by Crippen LogP contribution is 2.14. The number of rotatable bonds is 5. The molecule has 84 valence electrons. The van der Waals surface area contributed by atoms with Gasteiger partial charge in [-0.2, -0.15) is 13.2 Å². The number of hydrogen-bond donors (Lipinski definition) is 1. The summed E-state index contributed by atoms with van der Waals surface area (Å²) in [6, 6.07) is 0. The van der Waals surface area contributed by atoms with Crippen LogP contribution in [0.1, 0.15) is 6.42 Å². The molecule has 1 aliphatic rings. The normalized spacial score (nSPS) is 22.9. The van der Waals surface area contributed by atoms with Crippen LogP contribution in [-0.4, -0.2) is 45.2 Å². The molecular formula is C8H14F3NO2. The van der Waals surface area contributed by atoms with Crippen LogP contribution in [0.25, 0.3) is 0 Å². The lowest BCUT2D eigenvalue weighted by Gasteiger charge is -2.11.